The summed E-state index contributed by atoms with van der Waals surface area (Å²) in [5.41, 5.74) is 1.09. The first kappa shape index (κ1) is 8.75. The second-order valence-corrected chi connectivity index (χ2v) is 3.28. The molecule has 64 valence electrons. The maximum absolute atomic E-state index is 5.65. The zero-order valence-corrected chi connectivity index (χ0v) is 7.35. The van der Waals surface area contributed by atoms with Gasteiger partial charge in [0.15, 0.2) is 0 Å². The van der Waals surface area contributed by atoms with Crippen molar-refractivity contribution in [2.75, 3.05) is 19.8 Å². The third-order valence-corrected chi connectivity index (χ3v) is 2.00. The van der Waals surface area contributed by atoms with Gasteiger partial charge in [0.05, 0.1) is 19.8 Å². The van der Waals surface area contributed by atoms with Crippen LogP contribution in [0.3, 0.4) is 0 Å². The third-order valence-electron chi connectivity index (χ3n) is 2.00. The van der Waals surface area contributed by atoms with Crippen LogP contribution in [0.2, 0.25) is 0 Å². The van der Waals surface area contributed by atoms with E-state index in [0.29, 0.717) is 6.61 Å². The molecular weight excluding hydrogens is 140 g/mol. The first-order chi connectivity index (χ1) is 5.18. The zero-order chi connectivity index (χ0) is 8.32. The van der Waals surface area contributed by atoms with Crippen LogP contribution in [0.25, 0.3) is 0 Å². The van der Waals surface area contributed by atoms with E-state index >= 15 is 0 Å². The highest BCUT2D eigenvalue weighted by molar-refractivity contribution is 4.92. The summed E-state index contributed by atoms with van der Waals surface area (Å²) in [7, 11) is 0. The lowest BCUT2D eigenvalue weighted by molar-refractivity contribution is -0.206. The summed E-state index contributed by atoms with van der Waals surface area (Å²) in [5.74, 6) is 0. The molecule has 0 atom stereocenters. The van der Waals surface area contributed by atoms with Crippen molar-refractivity contribution in [1.29, 1.82) is 0 Å². The normalized spacial score (nSPS) is 20.9. The van der Waals surface area contributed by atoms with Crippen LogP contribution in [0.15, 0.2) is 12.2 Å². The van der Waals surface area contributed by atoms with E-state index < -0.39 is 0 Å². The smallest absolute Gasteiger partial charge is 0.115 e. The Morgan fingerprint density at radius 3 is 2.55 bits per heavy atom. The van der Waals surface area contributed by atoms with Crippen LogP contribution < -0.4 is 0 Å². The summed E-state index contributed by atoms with van der Waals surface area (Å²) >= 11 is 0. The Morgan fingerprint density at radius 1 is 1.64 bits per heavy atom. The van der Waals surface area contributed by atoms with Gasteiger partial charge in [0.1, 0.15) is 5.60 Å². The van der Waals surface area contributed by atoms with Crippen molar-refractivity contribution in [1.82, 2.24) is 0 Å². The highest BCUT2D eigenvalue weighted by Gasteiger charge is 2.37. The van der Waals surface area contributed by atoms with Crippen molar-refractivity contribution < 1.29 is 9.47 Å². The molecule has 0 aromatic heterocycles. The topological polar surface area (TPSA) is 18.5 Å². The molecule has 0 aromatic carbocycles. The monoisotopic (exact) mass is 156 g/mol. The van der Waals surface area contributed by atoms with Gasteiger partial charge in [-0.3, -0.25) is 0 Å². The average molecular weight is 156 g/mol. The Kier molecular flexibility index (Phi) is 2.68. The summed E-state index contributed by atoms with van der Waals surface area (Å²) in [6.45, 7) is 10.0. The molecule has 2 heteroatoms. The van der Waals surface area contributed by atoms with Gasteiger partial charge in [-0.25, -0.2) is 0 Å². The Hall–Kier alpha value is -0.340. The first-order valence-electron chi connectivity index (χ1n) is 4.05. The van der Waals surface area contributed by atoms with Crippen LogP contribution in [0, 0.1) is 0 Å². The fraction of sp³-hybridized carbons (Fsp3) is 0.778. The van der Waals surface area contributed by atoms with E-state index in [1.165, 1.54) is 0 Å². The van der Waals surface area contributed by atoms with Crippen molar-refractivity contribution in [3.05, 3.63) is 12.2 Å². The van der Waals surface area contributed by atoms with Crippen LogP contribution in [-0.4, -0.2) is 25.4 Å². The highest BCUT2D eigenvalue weighted by Crippen LogP contribution is 2.25. The Balaban J connectivity index is 2.27. The summed E-state index contributed by atoms with van der Waals surface area (Å²) in [6, 6.07) is 0. The minimum Gasteiger partial charge on any atom is -0.375 e. The molecular formula is C9H16O2. The number of hydrogen-bond acceptors (Lipinski definition) is 2. The second-order valence-electron chi connectivity index (χ2n) is 3.28. The number of ether oxygens (including phenoxy) is 2. The van der Waals surface area contributed by atoms with Crippen molar-refractivity contribution in [3.63, 3.8) is 0 Å². The highest BCUT2D eigenvalue weighted by atomic mass is 16.6. The Morgan fingerprint density at radius 2 is 2.27 bits per heavy atom. The molecule has 2 nitrogen and oxygen atoms in total. The minimum atomic E-state index is 0.0128. The lowest BCUT2D eigenvalue weighted by atomic mass is 9.99. The largest absolute Gasteiger partial charge is 0.375 e. The van der Waals surface area contributed by atoms with Gasteiger partial charge < -0.3 is 9.47 Å². The van der Waals surface area contributed by atoms with E-state index in [4.69, 9.17) is 9.47 Å². The second kappa shape index (κ2) is 3.37. The van der Waals surface area contributed by atoms with Crippen LogP contribution >= 0.6 is 0 Å². The summed E-state index contributed by atoms with van der Waals surface area (Å²) < 4.78 is 10.8. The molecule has 0 unspecified atom stereocenters. The van der Waals surface area contributed by atoms with Crippen molar-refractivity contribution in [2.45, 2.75) is 25.9 Å². The predicted octanol–water partition coefficient (Wildman–Crippen LogP) is 1.76. The maximum atomic E-state index is 5.65. The van der Waals surface area contributed by atoms with E-state index in [-0.39, 0.29) is 5.60 Å². The molecule has 1 aliphatic heterocycles. The van der Waals surface area contributed by atoms with Gasteiger partial charge in [-0.1, -0.05) is 19.1 Å². The molecule has 1 heterocycles. The minimum absolute atomic E-state index is 0.0128. The van der Waals surface area contributed by atoms with Crippen LogP contribution in [-0.2, 0) is 9.47 Å². The zero-order valence-electron chi connectivity index (χ0n) is 7.35. The maximum Gasteiger partial charge on any atom is 0.115 e. The van der Waals surface area contributed by atoms with Gasteiger partial charge in [-0.05, 0) is 13.3 Å². The standard InChI is InChI=1S/C9H16O2/c1-4-9(6-10-7-9)11-5-8(2)3/h2,4-7H2,1,3H3. The summed E-state index contributed by atoms with van der Waals surface area (Å²) in [6.07, 6.45) is 1.03. The lowest BCUT2D eigenvalue weighted by Crippen LogP contribution is -2.51. The molecule has 1 rings (SSSR count). The van der Waals surface area contributed by atoms with E-state index in [0.717, 1.165) is 25.2 Å². The number of rotatable bonds is 4. The molecule has 1 fully saturated rings. The van der Waals surface area contributed by atoms with Crippen molar-refractivity contribution >= 4 is 0 Å². The Labute approximate surface area is 68.2 Å². The molecule has 0 radical (unpaired) electrons. The first-order valence-corrected chi connectivity index (χ1v) is 4.05. The average Bonchev–Trinajstić information content (AvgIpc) is 1.86. The lowest BCUT2D eigenvalue weighted by Gasteiger charge is -2.40. The van der Waals surface area contributed by atoms with Gasteiger partial charge in [0.2, 0.25) is 0 Å². The van der Waals surface area contributed by atoms with Crippen molar-refractivity contribution in [2.24, 2.45) is 0 Å². The molecule has 0 N–H and O–H groups in total. The molecule has 1 saturated heterocycles. The fourth-order valence-electron chi connectivity index (χ4n) is 0.996. The molecule has 0 spiro atoms. The summed E-state index contributed by atoms with van der Waals surface area (Å²) in [5, 5.41) is 0. The molecule has 0 saturated carbocycles. The van der Waals surface area contributed by atoms with Crippen LogP contribution in [0.5, 0.6) is 0 Å². The molecule has 11 heavy (non-hydrogen) atoms. The van der Waals surface area contributed by atoms with E-state index in [9.17, 15) is 0 Å². The quantitative estimate of drug-likeness (QED) is 0.577. The third kappa shape index (κ3) is 2.04. The molecule has 1 aliphatic rings. The fourth-order valence-corrected chi connectivity index (χ4v) is 0.996. The molecule has 0 aliphatic carbocycles. The predicted molar refractivity (Wildman–Crippen MR) is 44.6 cm³/mol. The molecule has 0 amide bonds. The SMILES string of the molecule is C=C(C)COC1(CC)COC1. The van der Waals surface area contributed by atoms with Crippen LogP contribution in [0.4, 0.5) is 0 Å². The molecule has 0 aromatic rings. The summed E-state index contributed by atoms with van der Waals surface area (Å²) in [4.78, 5) is 0. The van der Waals surface area contributed by atoms with Gasteiger partial charge in [-0.2, -0.15) is 0 Å². The van der Waals surface area contributed by atoms with Gasteiger partial charge in [0, 0.05) is 0 Å². The van der Waals surface area contributed by atoms with Crippen molar-refractivity contribution in [3.8, 4) is 0 Å². The van der Waals surface area contributed by atoms with Gasteiger partial charge in [0.25, 0.3) is 0 Å². The van der Waals surface area contributed by atoms with Gasteiger partial charge in [-0.15, -0.1) is 0 Å². The molecule has 0 bridgehead atoms. The van der Waals surface area contributed by atoms with Gasteiger partial charge >= 0.3 is 0 Å². The van der Waals surface area contributed by atoms with E-state index in [1.807, 2.05) is 6.92 Å². The van der Waals surface area contributed by atoms with Crippen LogP contribution in [0.1, 0.15) is 20.3 Å². The Bertz CT molecular complexity index is 142. The van der Waals surface area contributed by atoms with E-state index in [2.05, 4.69) is 13.5 Å². The van der Waals surface area contributed by atoms with E-state index in [1.54, 1.807) is 0 Å². The number of hydrogen-bond donors (Lipinski definition) is 0.